The van der Waals surface area contributed by atoms with Crippen molar-refractivity contribution in [2.75, 3.05) is 44.5 Å². The van der Waals surface area contributed by atoms with Crippen molar-refractivity contribution in [1.29, 1.82) is 0 Å². The number of morpholine rings is 1. The Morgan fingerprint density at radius 3 is 2.56 bits per heavy atom. The first kappa shape index (κ1) is 12.5. The minimum atomic E-state index is 0.739. The van der Waals surface area contributed by atoms with Crippen molar-refractivity contribution >= 4 is 17.3 Å². The summed E-state index contributed by atoms with van der Waals surface area (Å²) in [6, 6.07) is 7.52. The number of hydrazine groups is 1. The molecule has 4 N–H and O–H groups in total. The van der Waals surface area contributed by atoms with Crippen LogP contribution in [-0.2, 0) is 4.74 Å². The summed E-state index contributed by atoms with van der Waals surface area (Å²) in [5, 5.41) is 0. The van der Waals surface area contributed by atoms with Gasteiger partial charge in [0.05, 0.1) is 18.9 Å². The van der Waals surface area contributed by atoms with Crippen LogP contribution in [0.5, 0.6) is 0 Å². The molecule has 6 nitrogen and oxygen atoms in total. The molecule has 0 bridgehead atoms. The van der Waals surface area contributed by atoms with E-state index >= 15 is 0 Å². The number of nitrogens with two attached hydrogens (primary N) is 1. The smallest absolute Gasteiger partial charge is 0.212 e. The van der Waals surface area contributed by atoms with E-state index in [0.29, 0.717) is 0 Å². The van der Waals surface area contributed by atoms with Gasteiger partial charge in [0.2, 0.25) is 5.96 Å². The minimum absolute atomic E-state index is 0.739. The van der Waals surface area contributed by atoms with Gasteiger partial charge in [-0.25, -0.2) is 0 Å². The number of ether oxygens (including phenoxy) is 1. The molecule has 98 valence electrons. The van der Waals surface area contributed by atoms with Crippen LogP contribution in [0.3, 0.4) is 0 Å². The SMILES string of the molecule is CN=C(NNc1ccc(N)cc1)N1CCOCC1. The number of hydrogen-bond donors (Lipinski definition) is 3. The molecule has 1 fully saturated rings. The molecule has 1 aromatic rings. The van der Waals surface area contributed by atoms with Gasteiger partial charge in [-0.05, 0) is 24.3 Å². The summed E-state index contributed by atoms with van der Waals surface area (Å²) in [5.41, 5.74) is 13.5. The third-order valence-electron chi connectivity index (χ3n) is 2.75. The maximum absolute atomic E-state index is 5.63. The first-order chi connectivity index (χ1) is 8.79. The van der Waals surface area contributed by atoms with Crippen LogP contribution in [0.2, 0.25) is 0 Å². The second-order valence-corrected chi connectivity index (χ2v) is 4.02. The second-order valence-electron chi connectivity index (χ2n) is 4.02. The molecule has 1 aliphatic heterocycles. The van der Waals surface area contributed by atoms with Gasteiger partial charge in [-0.2, -0.15) is 0 Å². The third-order valence-corrected chi connectivity index (χ3v) is 2.75. The van der Waals surface area contributed by atoms with E-state index in [1.54, 1.807) is 7.05 Å². The molecule has 0 aliphatic carbocycles. The summed E-state index contributed by atoms with van der Waals surface area (Å²) in [6.07, 6.45) is 0. The normalized spacial score (nSPS) is 16.5. The van der Waals surface area contributed by atoms with Crippen LogP contribution >= 0.6 is 0 Å². The van der Waals surface area contributed by atoms with E-state index in [4.69, 9.17) is 10.5 Å². The molecule has 0 saturated carbocycles. The van der Waals surface area contributed by atoms with Crippen molar-refractivity contribution < 1.29 is 4.74 Å². The first-order valence-corrected chi connectivity index (χ1v) is 5.96. The zero-order valence-electron chi connectivity index (χ0n) is 10.5. The third kappa shape index (κ3) is 3.27. The van der Waals surface area contributed by atoms with Gasteiger partial charge in [0.1, 0.15) is 0 Å². The van der Waals surface area contributed by atoms with Gasteiger partial charge in [-0.3, -0.25) is 15.8 Å². The predicted octanol–water partition coefficient (Wildman–Crippen LogP) is 0.503. The fraction of sp³-hybridized carbons (Fsp3) is 0.417. The lowest BCUT2D eigenvalue weighted by Gasteiger charge is -2.30. The number of guanidine groups is 1. The van der Waals surface area contributed by atoms with Crippen molar-refractivity contribution in [3.8, 4) is 0 Å². The highest BCUT2D eigenvalue weighted by Gasteiger charge is 2.14. The van der Waals surface area contributed by atoms with E-state index in [1.807, 2.05) is 24.3 Å². The molecule has 1 saturated heterocycles. The molecule has 1 aromatic carbocycles. The van der Waals surface area contributed by atoms with Gasteiger partial charge in [-0.1, -0.05) is 0 Å². The van der Waals surface area contributed by atoms with Crippen molar-refractivity contribution in [3.05, 3.63) is 24.3 Å². The summed E-state index contributed by atoms with van der Waals surface area (Å²) in [5.74, 6) is 0.815. The maximum Gasteiger partial charge on any atom is 0.212 e. The largest absolute Gasteiger partial charge is 0.399 e. The molecule has 0 unspecified atom stereocenters. The van der Waals surface area contributed by atoms with Crippen LogP contribution in [0.25, 0.3) is 0 Å². The molecule has 0 aromatic heterocycles. The van der Waals surface area contributed by atoms with Gasteiger partial charge in [-0.15, -0.1) is 0 Å². The molecule has 0 spiro atoms. The van der Waals surface area contributed by atoms with E-state index in [0.717, 1.165) is 43.6 Å². The lowest BCUT2D eigenvalue weighted by Crippen LogP contribution is -2.48. The van der Waals surface area contributed by atoms with Crippen molar-refractivity contribution in [1.82, 2.24) is 10.3 Å². The van der Waals surface area contributed by atoms with Gasteiger partial charge < -0.3 is 15.4 Å². The van der Waals surface area contributed by atoms with E-state index in [9.17, 15) is 0 Å². The van der Waals surface area contributed by atoms with Crippen molar-refractivity contribution in [3.63, 3.8) is 0 Å². The maximum atomic E-state index is 5.63. The highest BCUT2D eigenvalue weighted by atomic mass is 16.5. The standard InChI is InChI=1S/C12H19N5O/c1-14-12(17-6-8-18-9-7-17)16-15-11-4-2-10(13)3-5-11/h2-5,15H,6-9,13H2,1H3,(H,14,16). The molecule has 1 aliphatic rings. The number of hydrogen-bond acceptors (Lipinski definition) is 4. The molecule has 2 rings (SSSR count). The average Bonchev–Trinajstić information content (AvgIpc) is 2.43. The molecule has 6 heteroatoms. The predicted molar refractivity (Wildman–Crippen MR) is 73.4 cm³/mol. The van der Waals surface area contributed by atoms with E-state index in [-0.39, 0.29) is 0 Å². The minimum Gasteiger partial charge on any atom is -0.399 e. The zero-order chi connectivity index (χ0) is 12.8. The Hall–Kier alpha value is -1.95. The number of nitrogen functional groups attached to an aromatic ring is 1. The topological polar surface area (TPSA) is 74.9 Å². The lowest BCUT2D eigenvalue weighted by atomic mass is 10.3. The summed E-state index contributed by atoms with van der Waals surface area (Å²) in [4.78, 5) is 6.38. The Bertz CT molecular complexity index is 397. The number of rotatable bonds is 2. The Kier molecular flexibility index (Phi) is 4.25. The van der Waals surface area contributed by atoms with E-state index in [1.165, 1.54) is 0 Å². The molecule has 0 radical (unpaired) electrons. The molecule has 18 heavy (non-hydrogen) atoms. The number of aliphatic imine (C=N–C) groups is 1. The Morgan fingerprint density at radius 1 is 1.28 bits per heavy atom. The highest BCUT2D eigenvalue weighted by molar-refractivity contribution is 5.81. The van der Waals surface area contributed by atoms with Gasteiger partial charge >= 0.3 is 0 Å². The Morgan fingerprint density at radius 2 is 1.94 bits per heavy atom. The number of anilines is 2. The van der Waals surface area contributed by atoms with E-state index in [2.05, 4.69) is 20.7 Å². The van der Waals surface area contributed by atoms with Crippen LogP contribution in [0.1, 0.15) is 0 Å². The molecule has 0 amide bonds. The van der Waals surface area contributed by atoms with Gasteiger partial charge in [0.15, 0.2) is 0 Å². The zero-order valence-corrected chi connectivity index (χ0v) is 10.5. The summed E-state index contributed by atoms with van der Waals surface area (Å²) in [6.45, 7) is 3.18. The van der Waals surface area contributed by atoms with Crippen LogP contribution < -0.4 is 16.6 Å². The van der Waals surface area contributed by atoms with Crippen molar-refractivity contribution in [2.24, 2.45) is 4.99 Å². The fourth-order valence-electron chi connectivity index (χ4n) is 1.75. The summed E-state index contributed by atoms with van der Waals surface area (Å²) >= 11 is 0. The summed E-state index contributed by atoms with van der Waals surface area (Å²) in [7, 11) is 1.77. The van der Waals surface area contributed by atoms with Crippen LogP contribution in [0, 0.1) is 0 Å². The fourth-order valence-corrected chi connectivity index (χ4v) is 1.75. The van der Waals surface area contributed by atoms with E-state index < -0.39 is 0 Å². The Labute approximate surface area is 107 Å². The van der Waals surface area contributed by atoms with Crippen LogP contribution in [-0.4, -0.2) is 44.2 Å². The number of benzene rings is 1. The highest BCUT2D eigenvalue weighted by Crippen LogP contribution is 2.09. The van der Waals surface area contributed by atoms with Gasteiger partial charge in [0, 0.05) is 25.8 Å². The number of nitrogens with zero attached hydrogens (tertiary/aromatic N) is 2. The molecule has 1 heterocycles. The van der Waals surface area contributed by atoms with Crippen molar-refractivity contribution in [2.45, 2.75) is 0 Å². The lowest BCUT2D eigenvalue weighted by molar-refractivity contribution is 0.0667. The van der Waals surface area contributed by atoms with Crippen LogP contribution in [0.15, 0.2) is 29.3 Å². The van der Waals surface area contributed by atoms with Gasteiger partial charge in [0.25, 0.3) is 0 Å². The molecule has 0 atom stereocenters. The second kappa shape index (κ2) is 6.11. The average molecular weight is 249 g/mol. The molecular weight excluding hydrogens is 230 g/mol. The quantitative estimate of drug-likeness (QED) is 0.308. The monoisotopic (exact) mass is 249 g/mol. The molecular formula is C12H19N5O. The number of nitrogens with one attached hydrogen (secondary N) is 2. The summed E-state index contributed by atoms with van der Waals surface area (Å²) < 4.78 is 5.31. The van der Waals surface area contributed by atoms with Crippen LogP contribution in [0.4, 0.5) is 11.4 Å². The first-order valence-electron chi connectivity index (χ1n) is 5.96. The Balaban J connectivity index is 1.89.